The minimum absolute atomic E-state index is 1.22. The van der Waals surface area contributed by atoms with Gasteiger partial charge in [-0.15, -0.1) is 0 Å². The van der Waals surface area contributed by atoms with Crippen LogP contribution in [0.1, 0.15) is 13.8 Å². The summed E-state index contributed by atoms with van der Waals surface area (Å²) in [6.45, 7) is 4.00. The van der Waals surface area contributed by atoms with Crippen molar-refractivity contribution in [3.8, 4) is 55.6 Å². The van der Waals surface area contributed by atoms with Crippen molar-refractivity contribution >= 4 is 32.3 Å². The molecule has 0 radical (unpaired) electrons. The van der Waals surface area contributed by atoms with Gasteiger partial charge in [0, 0.05) is 0 Å². The molecule has 0 saturated heterocycles. The normalized spacial score (nSPS) is 11.0. The topological polar surface area (TPSA) is 0 Å². The molecule has 0 saturated carbocycles. The molecule has 0 heterocycles. The van der Waals surface area contributed by atoms with E-state index in [0.29, 0.717) is 0 Å². The van der Waals surface area contributed by atoms with Crippen LogP contribution in [0.3, 0.4) is 0 Å². The van der Waals surface area contributed by atoms with Crippen LogP contribution in [0.25, 0.3) is 88.0 Å². The smallest absolute Gasteiger partial charge is 0.00201 e. The number of fused-ring (bicyclic) bond motifs is 3. The Morgan fingerprint density at radius 1 is 0.240 bits per heavy atom. The lowest BCUT2D eigenvalue weighted by Crippen LogP contribution is -1.92. The van der Waals surface area contributed by atoms with Gasteiger partial charge in [-0.25, -0.2) is 0 Å². The predicted octanol–water partition coefficient (Wildman–Crippen LogP) is 14.5. The van der Waals surface area contributed by atoms with Gasteiger partial charge in [0.2, 0.25) is 0 Å². The quantitative estimate of drug-likeness (QED) is 0.165. The molecule has 0 aliphatic carbocycles. The molecule has 0 spiro atoms. The molecule has 50 heavy (non-hydrogen) atoms. The highest BCUT2D eigenvalue weighted by molar-refractivity contribution is 6.23. The summed E-state index contributed by atoms with van der Waals surface area (Å²) in [5.41, 5.74) is 12.4. The Labute approximate surface area is 294 Å². The lowest BCUT2D eigenvalue weighted by atomic mass is 9.84. The fourth-order valence-electron chi connectivity index (χ4n) is 7.40. The Kier molecular flexibility index (Phi) is 8.51. The molecule has 0 amide bonds. The van der Waals surface area contributed by atoms with Gasteiger partial charge in [0.25, 0.3) is 0 Å². The second kappa shape index (κ2) is 13.7. The van der Waals surface area contributed by atoms with Gasteiger partial charge < -0.3 is 0 Å². The third-order valence-electron chi connectivity index (χ3n) is 9.64. The van der Waals surface area contributed by atoms with E-state index in [-0.39, 0.29) is 0 Å². The average Bonchev–Trinajstić information content (AvgIpc) is 3.21. The zero-order chi connectivity index (χ0) is 33.9. The molecule has 238 valence electrons. The third-order valence-corrected chi connectivity index (χ3v) is 9.64. The van der Waals surface area contributed by atoms with Crippen molar-refractivity contribution in [3.05, 3.63) is 194 Å². The first-order valence-electron chi connectivity index (χ1n) is 17.6. The van der Waals surface area contributed by atoms with Crippen LogP contribution >= 0.6 is 0 Å². The predicted molar refractivity (Wildman–Crippen MR) is 217 cm³/mol. The van der Waals surface area contributed by atoms with Crippen LogP contribution in [0, 0.1) is 0 Å². The van der Waals surface area contributed by atoms with Crippen molar-refractivity contribution in [2.45, 2.75) is 13.8 Å². The molecule has 0 aliphatic rings. The maximum atomic E-state index is 2.34. The summed E-state index contributed by atoms with van der Waals surface area (Å²) in [5.74, 6) is 0. The fraction of sp³-hybridized carbons (Fsp3) is 0.0400. The Morgan fingerprint density at radius 2 is 0.640 bits per heavy atom. The molecule has 0 heteroatoms. The molecule has 9 aromatic carbocycles. The van der Waals surface area contributed by atoms with Gasteiger partial charge in [0.1, 0.15) is 0 Å². The van der Waals surface area contributed by atoms with Crippen LogP contribution in [0.4, 0.5) is 0 Å². The summed E-state index contributed by atoms with van der Waals surface area (Å²) in [6.07, 6.45) is 0. The van der Waals surface area contributed by atoms with Gasteiger partial charge in [-0.05, 0) is 106 Å². The average molecular weight is 639 g/mol. The van der Waals surface area contributed by atoms with Crippen LogP contribution < -0.4 is 0 Å². The van der Waals surface area contributed by atoms with Crippen LogP contribution in [0.15, 0.2) is 194 Å². The van der Waals surface area contributed by atoms with E-state index in [2.05, 4.69) is 194 Å². The van der Waals surface area contributed by atoms with Crippen LogP contribution in [-0.2, 0) is 0 Å². The standard InChI is InChI=1S/C48H32.C2H6/c1-3-14-33(15-4-1)35-18-11-20-37(30-35)38-28-29-41-39(31-38)21-13-27-42(41)48-45-25-9-7-23-43(45)47(44-24-8-10-26-46(44)48)40-22-12-19-36(32-40)34-16-5-2-6-17-34;1-2/h1-32H;1-2H3. The van der Waals surface area contributed by atoms with Crippen molar-refractivity contribution < 1.29 is 0 Å². The molecule has 0 N–H and O–H groups in total. The van der Waals surface area contributed by atoms with Gasteiger partial charge >= 0.3 is 0 Å². The van der Waals surface area contributed by atoms with Crippen LogP contribution in [-0.4, -0.2) is 0 Å². The number of rotatable bonds is 5. The highest BCUT2D eigenvalue weighted by atomic mass is 14.2. The second-order valence-corrected chi connectivity index (χ2v) is 12.5. The molecule has 0 unspecified atom stereocenters. The number of hydrogen-bond acceptors (Lipinski definition) is 0. The molecule has 0 fully saturated rings. The summed E-state index contributed by atoms with van der Waals surface area (Å²) >= 11 is 0. The molecule has 9 aromatic rings. The summed E-state index contributed by atoms with van der Waals surface area (Å²) in [7, 11) is 0. The van der Waals surface area contributed by atoms with Crippen molar-refractivity contribution in [3.63, 3.8) is 0 Å². The van der Waals surface area contributed by atoms with Crippen LogP contribution in [0.5, 0.6) is 0 Å². The maximum absolute atomic E-state index is 2.34. The van der Waals surface area contributed by atoms with Gasteiger partial charge in [-0.1, -0.05) is 190 Å². The first-order chi connectivity index (χ1) is 24.8. The molecule has 0 aliphatic heterocycles. The molecule has 0 nitrogen and oxygen atoms in total. The Hall–Kier alpha value is -6.24. The summed E-state index contributed by atoms with van der Waals surface area (Å²) in [4.78, 5) is 0. The molecule has 9 rings (SSSR count). The fourth-order valence-corrected chi connectivity index (χ4v) is 7.40. The van der Waals surface area contributed by atoms with Crippen molar-refractivity contribution in [1.29, 1.82) is 0 Å². The number of hydrogen-bond donors (Lipinski definition) is 0. The van der Waals surface area contributed by atoms with Crippen LogP contribution in [0.2, 0.25) is 0 Å². The first kappa shape index (κ1) is 31.1. The zero-order valence-electron chi connectivity index (χ0n) is 28.5. The zero-order valence-corrected chi connectivity index (χ0v) is 28.5. The van der Waals surface area contributed by atoms with Crippen molar-refractivity contribution in [2.75, 3.05) is 0 Å². The van der Waals surface area contributed by atoms with E-state index in [1.807, 2.05) is 13.8 Å². The molecule has 0 bridgehead atoms. The Bertz CT molecular complexity index is 2540. The van der Waals surface area contributed by atoms with E-state index in [1.54, 1.807) is 0 Å². The minimum atomic E-state index is 1.22. The highest BCUT2D eigenvalue weighted by Gasteiger charge is 2.18. The molecular weight excluding hydrogens is 601 g/mol. The summed E-state index contributed by atoms with van der Waals surface area (Å²) < 4.78 is 0. The van der Waals surface area contributed by atoms with E-state index in [0.717, 1.165) is 0 Å². The SMILES string of the molecule is CC.c1ccc(-c2cccc(-c3ccc4c(-c5c6ccccc6c(-c6cccc(-c7ccccc7)c6)c6ccccc56)cccc4c3)c2)cc1. The molecule has 0 aromatic heterocycles. The van der Waals surface area contributed by atoms with Gasteiger partial charge in [-0.2, -0.15) is 0 Å². The van der Waals surface area contributed by atoms with E-state index < -0.39 is 0 Å². The van der Waals surface area contributed by atoms with Gasteiger partial charge in [0.15, 0.2) is 0 Å². The van der Waals surface area contributed by atoms with E-state index in [9.17, 15) is 0 Å². The van der Waals surface area contributed by atoms with Crippen molar-refractivity contribution in [2.24, 2.45) is 0 Å². The number of benzene rings is 9. The molecule has 0 atom stereocenters. The summed E-state index contributed by atoms with van der Waals surface area (Å²) in [6, 6.07) is 70.7. The summed E-state index contributed by atoms with van der Waals surface area (Å²) in [5, 5.41) is 7.56. The Balaban J connectivity index is 0.00000177. The van der Waals surface area contributed by atoms with Crippen molar-refractivity contribution in [1.82, 2.24) is 0 Å². The Morgan fingerprint density at radius 3 is 1.20 bits per heavy atom. The molecular formula is C50H38. The van der Waals surface area contributed by atoms with E-state index in [4.69, 9.17) is 0 Å². The van der Waals surface area contributed by atoms with E-state index >= 15 is 0 Å². The second-order valence-electron chi connectivity index (χ2n) is 12.5. The maximum Gasteiger partial charge on any atom is -0.00201 e. The monoisotopic (exact) mass is 638 g/mol. The van der Waals surface area contributed by atoms with Gasteiger partial charge in [0.05, 0.1) is 0 Å². The third kappa shape index (κ3) is 5.66. The lowest BCUT2D eigenvalue weighted by molar-refractivity contribution is 1.50. The first-order valence-corrected chi connectivity index (χ1v) is 17.6. The largest absolute Gasteiger partial charge is 0.0683 e. The minimum Gasteiger partial charge on any atom is -0.0683 e. The highest BCUT2D eigenvalue weighted by Crippen LogP contribution is 2.46. The van der Waals surface area contributed by atoms with Gasteiger partial charge in [-0.3, -0.25) is 0 Å². The van der Waals surface area contributed by atoms with E-state index in [1.165, 1.54) is 88.0 Å². The lowest BCUT2D eigenvalue weighted by Gasteiger charge is -2.19.